The van der Waals surface area contributed by atoms with E-state index in [0.29, 0.717) is 18.8 Å². The zero-order valence-corrected chi connectivity index (χ0v) is 8.72. The molecule has 0 amide bonds. The van der Waals surface area contributed by atoms with Crippen molar-refractivity contribution in [2.75, 3.05) is 31.7 Å². The molecule has 0 saturated carbocycles. The summed E-state index contributed by atoms with van der Waals surface area (Å²) in [6.07, 6.45) is 2.88. The number of aromatic carboxylic acids is 1. The van der Waals surface area contributed by atoms with Crippen LogP contribution in [0.1, 0.15) is 10.4 Å². The maximum Gasteiger partial charge on any atom is 0.337 e. The number of carbonyl (C=O) groups is 1. The van der Waals surface area contributed by atoms with Gasteiger partial charge in [-0.2, -0.15) is 0 Å². The van der Waals surface area contributed by atoms with Crippen molar-refractivity contribution in [3.8, 4) is 0 Å². The number of hydrogen-bond donors (Lipinski definition) is 3. The van der Waals surface area contributed by atoms with E-state index in [1.807, 2.05) is 0 Å². The molecule has 0 radical (unpaired) electrons. The molecule has 1 heterocycles. The van der Waals surface area contributed by atoms with Crippen molar-refractivity contribution in [3.63, 3.8) is 0 Å². The summed E-state index contributed by atoms with van der Waals surface area (Å²) in [6.45, 7) is 1.12. The molecule has 0 aliphatic carbocycles. The number of carboxylic acids is 1. The predicted octanol–water partition coefficient (Wildman–Crippen LogP) is 0.201. The van der Waals surface area contributed by atoms with Gasteiger partial charge in [-0.1, -0.05) is 0 Å². The molecule has 0 unspecified atom stereocenters. The largest absolute Gasteiger partial charge is 0.478 e. The monoisotopic (exact) mass is 226 g/mol. The van der Waals surface area contributed by atoms with Crippen LogP contribution in [-0.2, 0) is 4.74 Å². The summed E-state index contributed by atoms with van der Waals surface area (Å²) < 4.78 is 5.02. The Labute approximate surface area is 92.9 Å². The third kappa shape index (κ3) is 3.84. The van der Waals surface area contributed by atoms with Crippen LogP contribution in [0.5, 0.6) is 0 Å². The van der Waals surface area contributed by atoms with E-state index < -0.39 is 5.97 Å². The first-order valence-corrected chi connectivity index (χ1v) is 4.85. The molecule has 1 rings (SSSR count). The molecule has 0 fully saturated rings. The van der Waals surface area contributed by atoms with Crippen molar-refractivity contribution in [3.05, 3.63) is 24.0 Å². The number of carboxylic acid groups (broad SMARTS) is 1. The van der Waals surface area contributed by atoms with E-state index in [0.717, 1.165) is 0 Å². The Morgan fingerprint density at radius 3 is 3.00 bits per heavy atom. The Kier molecular flexibility index (Phi) is 5.24. The van der Waals surface area contributed by atoms with Gasteiger partial charge in [0.1, 0.15) is 0 Å². The fourth-order valence-corrected chi connectivity index (χ4v) is 1.15. The van der Waals surface area contributed by atoms with Crippen LogP contribution in [0.4, 0.5) is 5.69 Å². The smallest absolute Gasteiger partial charge is 0.337 e. The molecule has 88 valence electrons. The first kappa shape index (κ1) is 12.4. The van der Waals surface area contributed by atoms with Gasteiger partial charge in [-0.3, -0.25) is 4.98 Å². The number of nitrogens with one attached hydrogen (secondary N) is 1. The van der Waals surface area contributed by atoms with Gasteiger partial charge in [0.05, 0.1) is 37.3 Å². The van der Waals surface area contributed by atoms with Crippen LogP contribution in [0, 0.1) is 0 Å². The van der Waals surface area contributed by atoms with Crippen molar-refractivity contribution in [2.45, 2.75) is 0 Å². The zero-order chi connectivity index (χ0) is 11.8. The number of rotatable bonds is 7. The van der Waals surface area contributed by atoms with E-state index in [2.05, 4.69) is 10.3 Å². The van der Waals surface area contributed by atoms with Gasteiger partial charge in [-0.05, 0) is 6.07 Å². The van der Waals surface area contributed by atoms with Crippen LogP contribution in [0.3, 0.4) is 0 Å². The van der Waals surface area contributed by atoms with Gasteiger partial charge in [0.15, 0.2) is 0 Å². The molecule has 0 aliphatic rings. The van der Waals surface area contributed by atoms with Gasteiger partial charge in [0.25, 0.3) is 0 Å². The van der Waals surface area contributed by atoms with E-state index in [4.69, 9.17) is 14.9 Å². The number of pyridine rings is 1. The summed E-state index contributed by atoms with van der Waals surface area (Å²) in [5.74, 6) is -0.999. The van der Waals surface area contributed by atoms with E-state index in [9.17, 15) is 4.79 Å². The summed E-state index contributed by atoms with van der Waals surface area (Å²) in [5, 5.41) is 20.2. The highest BCUT2D eigenvalue weighted by Gasteiger charge is 2.08. The quantitative estimate of drug-likeness (QED) is 0.575. The Morgan fingerprint density at radius 1 is 1.50 bits per heavy atom. The Balaban J connectivity index is 2.44. The lowest BCUT2D eigenvalue weighted by molar-refractivity contribution is 0.0697. The molecular formula is C10H14N2O4. The highest BCUT2D eigenvalue weighted by atomic mass is 16.5. The van der Waals surface area contributed by atoms with Gasteiger partial charge in [0.2, 0.25) is 0 Å². The Morgan fingerprint density at radius 2 is 2.31 bits per heavy atom. The van der Waals surface area contributed by atoms with Crippen molar-refractivity contribution in [1.29, 1.82) is 0 Å². The zero-order valence-electron chi connectivity index (χ0n) is 8.72. The van der Waals surface area contributed by atoms with Crippen LogP contribution in [0.15, 0.2) is 18.5 Å². The third-order valence-corrected chi connectivity index (χ3v) is 1.85. The van der Waals surface area contributed by atoms with Crippen molar-refractivity contribution >= 4 is 11.7 Å². The highest BCUT2D eigenvalue weighted by molar-refractivity contribution is 5.93. The maximum atomic E-state index is 10.8. The van der Waals surface area contributed by atoms with Crippen LogP contribution in [0.2, 0.25) is 0 Å². The molecule has 0 saturated heterocycles. The minimum atomic E-state index is -0.999. The lowest BCUT2D eigenvalue weighted by Crippen LogP contribution is -2.13. The molecular weight excluding hydrogens is 212 g/mol. The standard InChI is InChI=1S/C10H14N2O4/c13-4-6-16-5-3-12-9-7-11-2-1-8(9)10(14)15/h1-2,7,12-13H,3-6H2,(H,14,15). The summed E-state index contributed by atoms with van der Waals surface area (Å²) >= 11 is 0. The van der Waals surface area contributed by atoms with E-state index in [-0.39, 0.29) is 18.8 Å². The number of nitrogens with zero attached hydrogens (tertiary/aromatic N) is 1. The van der Waals surface area contributed by atoms with Gasteiger partial charge < -0.3 is 20.3 Å². The Hall–Kier alpha value is -1.66. The molecule has 6 heteroatoms. The topological polar surface area (TPSA) is 91.7 Å². The number of anilines is 1. The summed E-state index contributed by atoms with van der Waals surface area (Å²) in [7, 11) is 0. The first-order valence-electron chi connectivity index (χ1n) is 4.85. The van der Waals surface area contributed by atoms with Crippen LogP contribution < -0.4 is 5.32 Å². The molecule has 6 nitrogen and oxygen atoms in total. The molecule has 0 spiro atoms. The highest BCUT2D eigenvalue weighted by Crippen LogP contribution is 2.12. The predicted molar refractivity (Wildman–Crippen MR) is 57.6 cm³/mol. The number of aliphatic hydroxyl groups excluding tert-OH is 1. The Bertz CT molecular complexity index is 343. The summed E-state index contributed by atoms with van der Waals surface area (Å²) in [6, 6.07) is 1.43. The summed E-state index contributed by atoms with van der Waals surface area (Å²) in [5.41, 5.74) is 0.639. The molecule has 0 aliphatic heterocycles. The normalized spacial score (nSPS) is 10.1. The molecule has 1 aromatic rings. The minimum absolute atomic E-state index is 0.0206. The minimum Gasteiger partial charge on any atom is -0.478 e. The molecule has 16 heavy (non-hydrogen) atoms. The van der Waals surface area contributed by atoms with E-state index in [1.54, 1.807) is 0 Å². The number of ether oxygens (including phenoxy) is 1. The molecule has 0 aromatic carbocycles. The average Bonchev–Trinajstić information content (AvgIpc) is 2.29. The van der Waals surface area contributed by atoms with Gasteiger partial charge in [-0.25, -0.2) is 4.79 Å². The number of aromatic nitrogens is 1. The van der Waals surface area contributed by atoms with Crippen molar-refractivity contribution in [1.82, 2.24) is 4.98 Å². The van der Waals surface area contributed by atoms with E-state index >= 15 is 0 Å². The fraction of sp³-hybridized carbons (Fsp3) is 0.400. The van der Waals surface area contributed by atoms with Crippen molar-refractivity contribution in [2.24, 2.45) is 0 Å². The van der Waals surface area contributed by atoms with E-state index in [1.165, 1.54) is 18.5 Å². The second kappa shape index (κ2) is 6.76. The second-order valence-electron chi connectivity index (χ2n) is 2.99. The van der Waals surface area contributed by atoms with Crippen LogP contribution in [-0.4, -0.2) is 47.5 Å². The van der Waals surface area contributed by atoms with Gasteiger partial charge >= 0.3 is 5.97 Å². The average molecular weight is 226 g/mol. The first-order chi connectivity index (χ1) is 7.75. The number of hydrogen-bond acceptors (Lipinski definition) is 5. The fourth-order valence-electron chi connectivity index (χ4n) is 1.15. The van der Waals surface area contributed by atoms with Crippen LogP contribution in [0.25, 0.3) is 0 Å². The van der Waals surface area contributed by atoms with Gasteiger partial charge in [-0.15, -0.1) is 0 Å². The third-order valence-electron chi connectivity index (χ3n) is 1.85. The van der Waals surface area contributed by atoms with Crippen LogP contribution >= 0.6 is 0 Å². The van der Waals surface area contributed by atoms with Crippen molar-refractivity contribution < 1.29 is 19.7 Å². The second-order valence-corrected chi connectivity index (χ2v) is 2.99. The molecule has 3 N–H and O–H groups in total. The molecule has 1 aromatic heterocycles. The van der Waals surface area contributed by atoms with Gasteiger partial charge in [0, 0.05) is 12.7 Å². The SMILES string of the molecule is O=C(O)c1ccncc1NCCOCCO. The molecule has 0 bridgehead atoms. The number of aliphatic hydroxyl groups is 1. The lowest BCUT2D eigenvalue weighted by atomic mass is 10.2. The maximum absolute atomic E-state index is 10.8. The summed E-state index contributed by atoms with van der Waals surface area (Å²) in [4.78, 5) is 14.7. The molecule has 0 atom stereocenters. The lowest BCUT2D eigenvalue weighted by Gasteiger charge is -2.08.